The van der Waals surface area contributed by atoms with E-state index in [1.165, 1.54) is 17.5 Å². The Bertz CT molecular complexity index is 214. The van der Waals surface area contributed by atoms with Crippen LogP contribution in [0.15, 0.2) is 12.4 Å². The molecule has 0 bridgehead atoms. The van der Waals surface area contributed by atoms with E-state index in [1.807, 2.05) is 0 Å². The van der Waals surface area contributed by atoms with E-state index in [-0.39, 0.29) is 0 Å². The molecule has 0 saturated heterocycles. The zero-order valence-electron chi connectivity index (χ0n) is 6.22. The lowest BCUT2D eigenvalue weighted by atomic mass is 10.1. The highest BCUT2D eigenvalue weighted by Crippen LogP contribution is 2.13. The third-order valence-electron chi connectivity index (χ3n) is 2.02. The van der Waals surface area contributed by atoms with Gasteiger partial charge < -0.3 is 9.88 Å². The van der Waals surface area contributed by atoms with Gasteiger partial charge in [0.25, 0.3) is 0 Å². The standard InChI is InChI=1S/C8H12N2/c1-10-5-7-2-3-9-4-8(7)6-10/h5-6,9H,2-4H2,1H3. The van der Waals surface area contributed by atoms with Gasteiger partial charge in [0.1, 0.15) is 0 Å². The molecule has 0 fully saturated rings. The van der Waals surface area contributed by atoms with Crippen LogP contribution in [0, 0.1) is 0 Å². The highest BCUT2D eigenvalue weighted by atomic mass is 14.9. The number of aryl methyl sites for hydroxylation is 1. The van der Waals surface area contributed by atoms with Crippen molar-refractivity contribution in [1.29, 1.82) is 0 Å². The van der Waals surface area contributed by atoms with Crippen molar-refractivity contribution in [3.63, 3.8) is 0 Å². The molecule has 0 amide bonds. The van der Waals surface area contributed by atoms with Crippen molar-refractivity contribution in [3.05, 3.63) is 23.5 Å². The molecule has 2 nitrogen and oxygen atoms in total. The molecular formula is C8H12N2. The van der Waals surface area contributed by atoms with Crippen LogP contribution in [-0.4, -0.2) is 11.1 Å². The van der Waals surface area contributed by atoms with E-state index in [1.54, 1.807) is 0 Å². The van der Waals surface area contributed by atoms with Crippen molar-refractivity contribution >= 4 is 0 Å². The third-order valence-corrected chi connectivity index (χ3v) is 2.02. The average Bonchev–Trinajstić information content (AvgIpc) is 2.27. The summed E-state index contributed by atoms with van der Waals surface area (Å²) in [5.74, 6) is 0. The van der Waals surface area contributed by atoms with Gasteiger partial charge in [0.15, 0.2) is 0 Å². The summed E-state index contributed by atoms with van der Waals surface area (Å²) >= 11 is 0. The van der Waals surface area contributed by atoms with Gasteiger partial charge in [-0.05, 0) is 24.1 Å². The topological polar surface area (TPSA) is 17.0 Å². The summed E-state index contributed by atoms with van der Waals surface area (Å²) in [4.78, 5) is 0. The second kappa shape index (κ2) is 2.13. The van der Waals surface area contributed by atoms with Crippen molar-refractivity contribution < 1.29 is 0 Å². The fourth-order valence-electron chi connectivity index (χ4n) is 1.53. The highest BCUT2D eigenvalue weighted by molar-refractivity contribution is 5.26. The first-order valence-corrected chi connectivity index (χ1v) is 3.71. The van der Waals surface area contributed by atoms with Gasteiger partial charge in [0.2, 0.25) is 0 Å². The molecule has 0 saturated carbocycles. The molecule has 0 aliphatic carbocycles. The molecule has 0 aromatic carbocycles. The SMILES string of the molecule is Cn1cc2c(c1)CNCC2. The smallest absolute Gasteiger partial charge is 0.0223 e. The summed E-state index contributed by atoms with van der Waals surface area (Å²) in [6.45, 7) is 2.19. The summed E-state index contributed by atoms with van der Waals surface area (Å²) in [6, 6.07) is 0. The van der Waals surface area contributed by atoms with Gasteiger partial charge in [-0.3, -0.25) is 0 Å². The molecule has 2 rings (SSSR count). The first kappa shape index (κ1) is 5.98. The Labute approximate surface area is 60.9 Å². The van der Waals surface area contributed by atoms with Crippen molar-refractivity contribution in [2.45, 2.75) is 13.0 Å². The average molecular weight is 136 g/mol. The minimum absolute atomic E-state index is 1.05. The van der Waals surface area contributed by atoms with Gasteiger partial charge in [-0.2, -0.15) is 0 Å². The zero-order chi connectivity index (χ0) is 6.97. The lowest BCUT2D eigenvalue weighted by Crippen LogP contribution is -2.22. The quantitative estimate of drug-likeness (QED) is 0.554. The second-order valence-electron chi connectivity index (χ2n) is 2.90. The molecule has 0 spiro atoms. The maximum absolute atomic E-state index is 3.34. The minimum atomic E-state index is 1.05. The Balaban J connectivity index is 2.41. The normalized spacial score (nSPS) is 16.9. The van der Waals surface area contributed by atoms with E-state index in [0.717, 1.165) is 13.1 Å². The Kier molecular flexibility index (Phi) is 1.27. The lowest BCUT2D eigenvalue weighted by Gasteiger charge is -2.10. The molecular weight excluding hydrogens is 124 g/mol. The van der Waals surface area contributed by atoms with Crippen LogP contribution >= 0.6 is 0 Å². The van der Waals surface area contributed by atoms with Crippen LogP contribution < -0.4 is 5.32 Å². The Morgan fingerprint density at radius 2 is 2.20 bits per heavy atom. The van der Waals surface area contributed by atoms with Gasteiger partial charge in [-0.25, -0.2) is 0 Å². The van der Waals surface area contributed by atoms with Crippen molar-refractivity contribution in [2.75, 3.05) is 6.54 Å². The number of nitrogens with one attached hydrogen (secondary N) is 1. The van der Waals surface area contributed by atoms with Crippen molar-refractivity contribution in [2.24, 2.45) is 7.05 Å². The molecule has 54 valence electrons. The molecule has 10 heavy (non-hydrogen) atoms. The van der Waals surface area contributed by atoms with Gasteiger partial charge in [0.05, 0.1) is 0 Å². The molecule has 0 radical (unpaired) electrons. The third kappa shape index (κ3) is 0.847. The lowest BCUT2D eigenvalue weighted by molar-refractivity contribution is 0.647. The van der Waals surface area contributed by atoms with Crippen LogP contribution in [0.5, 0.6) is 0 Å². The van der Waals surface area contributed by atoms with Gasteiger partial charge >= 0.3 is 0 Å². The number of rotatable bonds is 0. The summed E-state index contributed by atoms with van der Waals surface area (Å²) in [5.41, 5.74) is 2.98. The molecule has 2 heteroatoms. The summed E-state index contributed by atoms with van der Waals surface area (Å²) in [5, 5.41) is 3.34. The summed E-state index contributed by atoms with van der Waals surface area (Å²) in [6.07, 6.45) is 5.60. The fraction of sp³-hybridized carbons (Fsp3) is 0.500. The second-order valence-corrected chi connectivity index (χ2v) is 2.90. The Morgan fingerprint density at radius 1 is 1.40 bits per heavy atom. The molecule has 0 unspecified atom stereocenters. The molecule has 1 aromatic heterocycles. The van der Waals surface area contributed by atoms with E-state index in [9.17, 15) is 0 Å². The van der Waals surface area contributed by atoms with Crippen LogP contribution in [-0.2, 0) is 20.0 Å². The van der Waals surface area contributed by atoms with E-state index in [4.69, 9.17) is 0 Å². The van der Waals surface area contributed by atoms with Crippen molar-refractivity contribution in [1.82, 2.24) is 9.88 Å². The van der Waals surface area contributed by atoms with Gasteiger partial charge in [0, 0.05) is 26.0 Å². The fourth-order valence-corrected chi connectivity index (χ4v) is 1.53. The summed E-state index contributed by atoms with van der Waals surface area (Å²) < 4.78 is 2.14. The van der Waals surface area contributed by atoms with Crippen LogP contribution in [0.2, 0.25) is 0 Å². The van der Waals surface area contributed by atoms with Gasteiger partial charge in [-0.15, -0.1) is 0 Å². The van der Waals surface area contributed by atoms with E-state index < -0.39 is 0 Å². The predicted molar refractivity (Wildman–Crippen MR) is 40.8 cm³/mol. The van der Waals surface area contributed by atoms with E-state index in [2.05, 4.69) is 29.3 Å². The maximum atomic E-state index is 3.34. The maximum Gasteiger partial charge on any atom is 0.0223 e. The van der Waals surface area contributed by atoms with Crippen LogP contribution in [0.1, 0.15) is 11.1 Å². The number of hydrogen-bond donors (Lipinski definition) is 1. The molecule has 0 atom stereocenters. The Morgan fingerprint density at radius 3 is 3.00 bits per heavy atom. The van der Waals surface area contributed by atoms with E-state index >= 15 is 0 Å². The molecule has 2 heterocycles. The molecule has 1 N–H and O–H groups in total. The number of hydrogen-bond acceptors (Lipinski definition) is 1. The van der Waals surface area contributed by atoms with Crippen LogP contribution in [0.4, 0.5) is 0 Å². The first-order chi connectivity index (χ1) is 4.86. The number of nitrogens with zero attached hydrogens (tertiary/aromatic N) is 1. The molecule has 1 aromatic rings. The Hall–Kier alpha value is -0.760. The highest BCUT2D eigenvalue weighted by Gasteiger charge is 2.08. The van der Waals surface area contributed by atoms with Gasteiger partial charge in [-0.1, -0.05) is 0 Å². The van der Waals surface area contributed by atoms with Crippen LogP contribution in [0.3, 0.4) is 0 Å². The van der Waals surface area contributed by atoms with E-state index in [0.29, 0.717) is 0 Å². The predicted octanol–water partition coefficient (Wildman–Crippen LogP) is 0.671. The minimum Gasteiger partial charge on any atom is -0.357 e. The number of aromatic nitrogens is 1. The monoisotopic (exact) mass is 136 g/mol. The van der Waals surface area contributed by atoms with Crippen molar-refractivity contribution in [3.8, 4) is 0 Å². The first-order valence-electron chi connectivity index (χ1n) is 3.71. The zero-order valence-corrected chi connectivity index (χ0v) is 6.22. The van der Waals surface area contributed by atoms with Crippen LogP contribution in [0.25, 0.3) is 0 Å². The number of fused-ring (bicyclic) bond motifs is 1. The largest absolute Gasteiger partial charge is 0.357 e. The molecule has 1 aliphatic rings. The molecule has 1 aliphatic heterocycles. The summed E-state index contributed by atoms with van der Waals surface area (Å²) in [7, 11) is 2.08.